The van der Waals surface area contributed by atoms with Crippen molar-refractivity contribution in [2.45, 2.75) is 13.8 Å². The number of Topliss-reactive ketones (excluding diaryl/α,β-unsaturated/α-hetero) is 1. The van der Waals surface area contributed by atoms with Crippen molar-refractivity contribution < 1.29 is 14.0 Å². The van der Waals surface area contributed by atoms with Crippen molar-refractivity contribution in [3.05, 3.63) is 88.1 Å². The number of hydrogen-bond acceptors (Lipinski definition) is 5. The third kappa shape index (κ3) is 3.62. The van der Waals surface area contributed by atoms with Crippen molar-refractivity contribution in [2.75, 3.05) is 5.32 Å². The summed E-state index contributed by atoms with van der Waals surface area (Å²) in [4.78, 5) is 41.0. The molecule has 3 rings (SSSR count). The van der Waals surface area contributed by atoms with Crippen LogP contribution in [0.4, 0.5) is 10.2 Å². The molecule has 3 aromatic rings. The molecule has 30 heavy (non-hydrogen) atoms. The van der Waals surface area contributed by atoms with Crippen molar-refractivity contribution in [3.8, 4) is 5.69 Å². The Morgan fingerprint density at radius 3 is 2.47 bits per heavy atom. The number of ketones is 1. The minimum absolute atomic E-state index is 0.0667. The van der Waals surface area contributed by atoms with Crippen LogP contribution in [0.15, 0.2) is 65.6 Å². The topological polar surface area (TPSA) is 107 Å². The minimum atomic E-state index is -1.21. The Balaban J connectivity index is 2.56. The van der Waals surface area contributed by atoms with Crippen LogP contribution in [0, 0.1) is 5.82 Å². The number of pyridine rings is 2. The zero-order valence-corrected chi connectivity index (χ0v) is 16.4. The lowest BCUT2D eigenvalue weighted by atomic mass is 10.0. The van der Waals surface area contributed by atoms with Gasteiger partial charge in [-0.3, -0.25) is 19.0 Å². The third-order valence-corrected chi connectivity index (χ3v) is 4.38. The Kier molecular flexibility index (Phi) is 5.59. The summed E-state index contributed by atoms with van der Waals surface area (Å²) in [7, 11) is 0. The second-order valence-corrected chi connectivity index (χ2v) is 6.54. The molecule has 0 radical (unpaired) electrons. The predicted octanol–water partition coefficient (Wildman–Crippen LogP) is 3.33. The van der Waals surface area contributed by atoms with Crippen molar-refractivity contribution in [1.82, 2.24) is 9.55 Å². The summed E-state index contributed by atoms with van der Waals surface area (Å²) < 4.78 is 16.4. The fourth-order valence-electron chi connectivity index (χ4n) is 3.17. The largest absolute Gasteiger partial charge is 0.364 e. The molecule has 0 bridgehead atoms. The summed E-state index contributed by atoms with van der Waals surface area (Å²) in [6.07, 6.45) is 3.26. The molecule has 3 N–H and O–H groups in total. The van der Waals surface area contributed by atoms with E-state index in [0.717, 1.165) is 6.92 Å². The molecule has 0 fully saturated rings. The van der Waals surface area contributed by atoms with Crippen LogP contribution in [0.2, 0.25) is 0 Å². The Labute approximate surface area is 171 Å². The number of nitrogens with two attached hydrogens (primary N) is 1. The number of fused-ring (bicyclic) bond motifs is 1. The van der Waals surface area contributed by atoms with E-state index in [1.165, 1.54) is 10.6 Å². The zero-order chi connectivity index (χ0) is 22.0. The van der Waals surface area contributed by atoms with E-state index >= 15 is 0 Å². The molecule has 7 nitrogen and oxygen atoms in total. The first-order valence-electron chi connectivity index (χ1n) is 8.98. The average molecular weight is 406 g/mol. The van der Waals surface area contributed by atoms with Gasteiger partial charge in [-0.25, -0.2) is 9.37 Å². The molecule has 2 aromatic heterocycles. The number of aromatic nitrogens is 2. The molecule has 0 atom stereocenters. The van der Waals surface area contributed by atoms with Gasteiger partial charge in [-0.15, -0.1) is 0 Å². The monoisotopic (exact) mass is 406 g/mol. The van der Waals surface area contributed by atoms with Crippen LogP contribution < -0.4 is 16.5 Å². The highest BCUT2D eigenvalue weighted by Gasteiger charge is 2.26. The highest BCUT2D eigenvalue weighted by molar-refractivity contribution is 6.08. The number of nitrogens with zero attached hydrogens (tertiary/aromatic N) is 2. The molecule has 0 unspecified atom stereocenters. The molecule has 1 amide bonds. The maximum atomic E-state index is 14.9. The summed E-state index contributed by atoms with van der Waals surface area (Å²) in [6.45, 7) is 6.51. The van der Waals surface area contributed by atoms with Crippen LogP contribution in [0.5, 0.6) is 0 Å². The van der Waals surface area contributed by atoms with Crippen molar-refractivity contribution >= 4 is 28.5 Å². The van der Waals surface area contributed by atoms with Crippen molar-refractivity contribution in [1.29, 1.82) is 0 Å². The zero-order valence-electron chi connectivity index (χ0n) is 16.4. The van der Waals surface area contributed by atoms with Gasteiger partial charge >= 0.3 is 0 Å². The van der Waals surface area contributed by atoms with E-state index in [-0.39, 0.29) is 11.0 Å². The van der Waals surface area contributed by atoms with E-state index in [1.807, 2.05) is 0 Å². The van der Waals surface area contributed by atoms with Crippen LogP contribution in [-0.4, -0.2) is 21.2 Å². The minimum Gasteiger partial charge on any atom is -0.364 e. The number of carbonyl (C=O) groups is 2. The molecular formula is C22H19FN4O3. The highest BCUT2D eigenvalue weighted by atomic mass is 19.1. The Morgan fingerprint density at radius 1 is 1.23 bits per heavy atom. The molecule has 0 saturated heterocycles. The summed E-state index contributed by atoms with van der Waals surface area (Å²) in [6, 6.07) is 10.0. The van der Waals surface area contributed by atoms with Gasteiger partial charge < -0.3 is 11.1 Å². The first-order chi connectivity index (χ1) is 14.3. The number of anilines is 1. The quantitative estimate of drug-likeness (QED) is 0.482. The first-order valence-corrected chi connectivity index (χ1v) is 8.98. The van der Waals surface area contributed by atoms with Crippen molar-refractivity contribution in [3.63, 3.8) is 0 Å². The number of rotatable bonds is 6. The van der Waals surface area contributed by atoms with Crippen LogP contribution in [0.3, 0.4) is 0 Å². The van der Waals surface area contributed by atoms with E-state index in [9.17, 15) is 18.8 Å². The number of primary amides is 1. The van der Waals surface area contributed by atoms with Gasteiger partial charge in [0.05, 0.1) is 10.9 Å². The SMILES string of the molecule is C=C/C=C(\C)Nc1cc(=O)c2c(C(C)=O)c(F)c(C(N)=O)nc2n1-c1ccccc1. The molecule has 8 heteroatoms. The Morgan fingerprint density at radius 2 is 1.90 bits per heavy atom. The fourth-order valence-corrected chi connectivity index (χ4v) is 3.17. The standard InChI is InChI=1S/C22H19FN4O3/c1-4-8-12(2)25-16-11-15(29)18-17(13(3)28)19(23)20(21(24)30)26-22(18)27(16)14-9-6-5-7-10-14/h4-11,25H,1H2,2-3H3,(H2,24,30)/b12-8+. The molecule has 0 aliphatic carbocycles. The van der Waals surface area contributed by atoms with Gasteiger partial charge in [0.1, 0.15) is 5.82 Å². The van der Waals surface area contributed by atoms with E-state index in [4.69, 9.17) is 5.73 Å². The maximum Gasteiger partial charge on any atom is 0.270 e. The molecule has 0 saturated carbocycles. The lowest BCUT2D eigenvalue weighted by Crippen LogP contribution is -2.23. The van der Waals surface area contributed by atoms with Crippen LogP contribution >= 0.6 is 0 Å². The number of nitrogens with one attached hydrogen (secondary N) is 1. The highest BCUT2D eigenvalue weighted by Crippen LogP contribution is 2.27. The Hall–Kier alpha value is -4.07. The van der Waals surface area contributed by atoms with E-state index in [0.29, 0.717) is 17.2 Å². The van der Waals surface area contributed by atoms with Crippen LogP contribution in [-0.2, 0) is 0 Å². The fraction of sp³-hybridized carbons (Fsp3) is 0.0909. The smallest absolute Gasteiger partial charge is 0.270 e. The van der Waals surface area contributed by atoms with Gasteiger partial charge in [0.15, 0.2) is 28.4 Å². The number of hydrogen-bond donors (Lipinski definition) is 2. The normalized spacial score (nSPS) is 11.4. The van der Waals surface area contributed by atoms with Gasteiger partial charge in [-0.1, -0.05) is 30.9 Å². The van der Waals surface area contributed by atoms with E-state index in [2.05, 4.69) is 16.9 Å². The van der Waals surface area contributed by atoms with Gasteiger partial charge in [0, 0.05) is 17.5 Å². The molecular weight excluding hydrogens is 387 g/mol. The number of para-hydroxylation sites is 1. The van der Waals surface area contributed by atoms with Gasteiger partial charge in [-0.05, 0) is 32.1 Å². The van der Waals surface area contributed by atoms with Gasteiger partial charge in [-0.2, -0.15) is 0 Å². The molecule has 0 spiro atoms. The number of benzene rings is 1. The number of halogens is 1. The number of allylic oxidation sites excluding steroid dienone is 3. The first kappa shape index (κ1) is 20.7. The lowest BCUT2D eigenvalue weighted by molar-refractivity contribution is 0.0991. The lowest BCUT2D eigenvalue weighted by Gasteiger charge is -2.19. The van der Waals surface area contributed by atoms with E-state index in [1.54, 1.807) is 49.4 Å². The van der Waals surface area contributed by atoms with E-state index < -0.39 is 34.2 Å². The Bertz CT molecular complexity index is 1280. The van der Waals surface area contributed by atoms with Crippen LogP contribution in [0.25, 0.3) is 16.7 Å². The van der Waals surface area contributed by atoms with Crippen LogP contribution in [0.1, 0.15) is 34.7 Å². The number of carbonyl (C=O) groups excluding carboxylic acids is 2. The maximum absolute atomic E-state index is 14.9. The third-order valence-electron chi connectivity index (χ3n) is 4.38. The molecule has 2 heterocycles. The summed E-state index contributed by atoms with van der Waals surface area (Å²) >= 11 is 0. The predicted molar refractivity (Wildman–Crippen MR) is 113 cm³/mol. The summed E-state index contributed by atoms with van der Waals surface area (Å²) in [5.41, 5.74) is 4.59. The summed E-state index contributed by atoms with van der Waals surface area (Å²) in [5, 5.41) is 2.84. The molecule has 0 aliphatic rings. The van der Waals surface area contributed by atoms with Crippen molar-refractivity contribution in [2.24, 2.45) is 5.73 Å². The second kappa shape index (κ2) is 8.12. The second-order valence-electron chi connectivity index (χ2n) is 6.54. The number of amides is 1. The molecule has 1 aromatic carbocycles. The summed E-state index contributed by atoms with van der Waals surface area (Å²) in [5.74, 6) is -2.77. The van der Waals surface area contributed by atoms with Gasteiger partial charge in [0.2, 0.25) is 0 Å². The molecule has 152 valence electrons. The molecule has 0 aliphatic heterocycles. The van der Waals surface area contributed by atoms with Gasteiger partial charge in [0.25, 0.3) is 5.91 Å². The average Bonchev–Trinajstić information content (AvgIpc) is 2.68.